The highest BCUT2D eigenvalue weighted by Crippen LogP contribution is 2.09. The summed E-state index contributed by atoms with van der Waals surface area (Å²) in [5.41, 5.74) is 3.03. The average molecular weight is 166 g/mol. The zero-order chi connectivity index (χ0) is 7.52. The van der Waals surface area contributed by atoms with Crippen molar-refractivity contribution in [1.29, 1.82) is 0 Å². The van der Waals surface area contributed by atoms with E-state index >= 15 is 0 Å². The number of aromatic nitrogens is 3. The molecule has 0 fully saturated rings. The molecule has 2 aromatic heterocycles. The lowest BCUT2D eigenvalue weighted by Crippen LogP contribution is -2.04. The summed E-state index contributed by atoms with van der Waals surface area (Å²) in [6.07, 6.45) is 6.97. The largest absolute Gasteiger partial charge is 0.268 e. The van der Waals surface area contributed by atoms with Crippen LogP contribution in [0.1, 0.15) is 0 Å². The van der Waals surface area contributed by atoms with Gasteiger partial charge in [-0.1, -0.05) is 0 Å². The Labute approximate surface area is 67.5 Å². The van der Waals surface area contributed by atoms with Crippen LogP contribution in [0.15, 0.2) is 30.3 Å². The van der Waals surface area contributed by atoms with Crippen molar-refractivity contribution in [2.24, 2.45) is 0 Å². The molecule has 0 atom stereocenters. The van der Waals surface area contributed by atoms with Crippen molar-refractivity contribution < 1.29 is 0 Å². The standard InChI is InChI=1S/C6H6N4S/c1-3-10(5-7-1)9-6-8-2-4-11-6/h1-5H,(H,8,9). The molecule has 0 saturated heterocycles. The number of imidazole rings is 1. The number of thiazole rings is 1. The molecule has 0 saturated carbocycles. The maximum atomic E-state index is 4.05. The third kappa shape index (κ3) is 1.38. The molecule has 11 heavy (non-hydrogen) atoms. The normalized spacial score (nSPS) is 9.82. The molecule has 0 unspecified atom stereocenters. The third-order valence-corrected chi connectivity index (χ3v) is 1.84. The molecule has 2 heterocycles. The number of nitrogens with one attached hydrogen (secondary N) is 1. The van der Waals surface area contributed by atoms with Gasteiger partial charge in [0, 0.05) is 24.0 Å². The molecule has 56 valence electrons. The van der Waals surface area contributed by atoms with Crippen LogP contribution in [-0.4, -0.2) is 14.6 Å². The van der Waals surface area contributed by atoms with Crippen LogP contribution >= 0.6 is 11.3 Å². The van der Waals surface area contributed by atoms with Gasteiger partial charge in [0.25, 0.3) is 0 Å². The predicted molar refractivity (Wildman–Crippen MR) is 43.4 cm³/mol. The number of hydrogen-bond donors (Lipinski definition) is 1. The molecule has 0 bridgehead atoms. The third-order valence-electron chi connectivity index (χ3n) is 1.16. The summed E-state index contributed by atoms with van der Waals surface area (Å²) < 4.78 is 1.75. The molecule has 1 N–H and O–H groups in total. The van der Waals surface area contributed by atoms with Gasteiger partial charge in [0.15, 0.2) is 0 Å². The first kappa shape index (κ1) is 6.36. The molecule has 5 heteroatoms. The number of hydrogen-bond acceptors (Lipinski definition) is 4. The second-order valence-electron chi connectivity index (χ2n) is 1.92. The summed E-state index contributed by atoms with van der Waals surface area (Å²) in [5.74, 6) is 0. The van der Waals surface area contributed by atoms with E-state index in [-0.39, 0.29) is 0 Å². The van der Waals surface area contributed by atoms with Crippen molar-refractivity contribution in [1.82, 2.24) is 14.6 Å². The molecule has 4 nitrogen and oxygen atoms in total. The predicted octanol–water partition coefficient (Wildman–Crippen LogP) is 1.21. The van der Waals surface area contributed by atoms with Gasteiger partial charge in [-0.2, -0.15) is 0 Å². The monoisotopic (exact) mass is 166 g/mol. The maximum absolute atomic E-state index is 4.05. The fourth-order valence-electron chi connectivity index (χ4n) is 0.714. The van der Waals surface area contributed by atoms with Gasteiger partial charge in [-0.3, -0.25) is 5.43 Å². The minimum absolute atomic E-state index is 0.864. The van der Waals surface area contributed by atoms with Gasteiger partial charge in [0.2, 0.25) is 5.13 Å². The second-order valence-corrected chi connectivity index (χ2v) is 2.81. The number of anilines is 1. The second kappa shape index (κ2) is 2.71. The van der Waals surface area contributed by atoms with Gasteiger partial charge < -0.3 is 0 Å². The Kier molecular flexibility index (Phi) is 1.57. The Morgan fingerprint density at radius 3 is 3.09 bits per heavy atom. The number of rotatable bonds is 2. The van der Waals surface area contributed by atoms with E-state index < -0.39 is 0 Å². The minimum Gasteiger partial charge on any atom is -0.268 e. The maximum Gasteiger partial charge on any atom is 0.201 e. The zero-order valence-electron chi connectivity index (χ0n) is 5.64. The Bertz CT molecular complexity index is 267. The molecule has 2 rings (SSSR count). The molecule has 2 aromatic rings. The molecule has 0 aromatic carbocycles. The SMILES string of the molecule is c1cn(Nc2nccs2)cn1. The smallest absolute Gasteiger partial charge is 0.201 e. The van der Waals surface area contributed by atoms with E-state index in [1.807, 2.05) is 11.6 Å². The Hall–Kier alpha value is -1.36. The van der Waals surface area contributed by atoms with Crippen LogP contribution < -0.4 is 5.43 Å². The van der Waals surface area contributed by atoms with Crippen molar-refractivity contribution in [3.05, 3.63) is 30.3 Å². The summed E-state index contributed by atoms with van der Waals surface area (Å²) in [6, 6.07) is 0. The zero-order valence-corrected chi connectivity index (χ0v) is 6.45. The van der Waals surface area contributed by atoms with Crippen molar-refractivity contribution in [2.45, 2.75) is 0 Å². The van der Waals surface area contributed by atoms with Gasteiger partial charge in [-0.05, 0) is 0 Å². The highest BCUT2D eigenvalue weighted by atomic mass is 32.1. The molecule has 0 aliphatic heterocycles. The highest BCUT2D eigenvalue weighted by molar-refractivity contribution is 7.13. The van der Waals surface area contributed by atoms with Crippen molar-refractivity contribution in [3.63, 3.8) is 0 Å². The van der Waals surface area contributed by atoms with Gasteiger partial charge in [-0.15, -0.1) is 11.3 Å². The lowest BCUT2D eigenvalue weighted by atomic mass is 10.9. The number of nitrogens with zero attached hydrogens (tertiary/aromatic N) is 3. The van der Waals surface area contributed by atoms with Crippen molar-refractivity contribution >= 4 is 16.5 Å². The van der Waals surface area contributed by atoms with E-state index in [1.165, 1.54) is 0 Å². The van der Waals surface area contributed by atoms with E-state index in [9.17, 15) is 0 Å². The van der Waals surface area contributed by atoms with Crippen molar-refractivity contribution in [3.8, 4) is 0 Å². The first-order valence-corrected chi connectivity index (χ1v) is 3.97. The molecule has 0 aliphatic rings. The first-order valence-electron chi connectivity index (χ1n) is 3.09. The fraction of sp³-hybridized carbons (Fsp3) is 0. The molecule has 0 aliphatic carbocycles. The minimum atomic E-state index is 0.864. The molecular weight excluding hydrogens is 160 g/mol. The van der Waals surface area contributed by atoms with Crippen LogP contribution in [0.5, 0.6) is 0 Å². The van der Waals surface area contributed by atoms with Gasteiger partial charge in [-0.25, -0.2) is 14.6 Å². The van der Waals surface area contributed by atoms with Gasteiger partial charge in [0.1, 0.15) is 6.33 Å². The molecular formula is C6H6N4S. The van der Waals surface area contributed by atoms with Gasteiger partial charge in [0.05, 0.1) is 0 Å². The van der Waals surface area contributed by atoms with E-state index in [0.29, 0.717) is 0 Å². The molecule has 0 amide bonds. The molecule has 0 radical (unpaired) electrons. The lowest BCUT2D eigenvalue weighted by molar-refractivity contribution is 0.949. The summed E-state index contributed by atoms with van der Waals surface area (Å²) in [6.45, 7) is 0. The van der Waals surface area contributed by atoms with Crippen LogP contribution in [-0.2, 0) is 0 Å². The Morgan fingerprint density at radius 1 is 1.45 bits per heavy atom. The van der Waals surface area contributed by atoms with E-state index in [4.69, 9.17) is 0 Å². The van der Waals surface area contributed by atoms with E-state index in [0.717, 1.165) is 5.13 Å². The Balaban J connectivity index is 2.14. The first-order chi connectivity index (χ1) is 5.45. The van der Waals surface area contributed by atoms with Crippen LogP contribution in [0.3, 0.4) is 0 Å². The summed E-state index contributed by atoms with van der Waals surface area (Å²) in [5, 5.41) is 2.78. The Morgan fingerprint density at radius 2 is 2.45 bits per heavy atom. The van der Waals surface area contributed by atoms with Crippen LogP contribution in [0.25, 0.3) is 0 Å². The summed E-state index contributed by atoms with van der Waals surface area (Å²) in [4.78, 5) is 7.93. The van der Waals surface area contributed by atoms with E-state index in [1.54, 1.807) is 34.7 Å². The topological polar surface area (TPSA) is 42.7 Å². The van der Waals surface area contributed by atoms with Crippen LogP contribution in [0.4, 0.5) is 5.13 Å². The lowest BCUT2D eigenvalue weighted by Gasteiger charge is -1.99. The van der Waals surface area contributed by atoms with Crippen LogP contribution in [0.2, 0.25) is 0 Å². The van der Waals surface area contributed by atoms with Crippen LogP contribution in [0, 0.1) is 0 Å². The summed E-state index contributed by atoms with van der Waals surface area (Å²) in [7, 11) is 0. The molecule has 0 spiro atoms. The van der Waals surface area contributed by atoms with Crippen molar-refractivity contribution in [2.75, 3.05) is 5.43 Å². The van der Waals surface area contributed by atoms with Gasteiger partial charge >= 0.3 is 0 Å². The van der Waals surface area contributed by atoms with E-state index in [2.05, 4.69) is 15.4 Å². The summed E-state index contributed by atoms with van der Waals surface area (Å²) >= 11 is 1.55. The fourth-order valence-corrected chi connectivity index (χ4v) is 1.24. The quantitative estimate of drug-likeness (QED) is 0.729. The average Bonchev–Trinajstić information content (AvgIpc) is 2.60. The highest BCUT2D eigenvalue weighted by Gasteiger charge is 1.92.